The third kappa shape index (κ3) is 3.97. The fourth-order valence-corrected chi connectivity index (χ4v) is 6.81. The highest BCUT2D eigenvalue weighted by Crippen LogP contribution is 2.46. The minimum Gasteiger partial charge on any atom is -0.354 e. The highest BCUT2D eigenvalue weighted by Gasteiger charge is 2.33. The maximum Gasteiger partial charge on any atom is 0.196 e. The summed E-state index contributed by atoms with van der Waals surface area (Å²) in [6.07, 6.45) is 0.869. The monoisotopic (exact) mass is 573 g/mol. The van der Waals surface area contributed by atoms with Crippen LogP contribution in [0.4, 0.5) is 11.4 Å². The van der Waals surface area contributed by atoms with Gasteiger partial charge < -0.3 is 5.32 Å². The van der Waals surface area contributed by atoms with Crippen molar-refractivity contribution in [3.05, 3.63) is 166 Å². The maximum atomic E-state index is 12.8. The van der Waals surface area contributed by atoms with Crippen LogP contribution in [0, 0.1) is 0 Å². The number of para-hydroxylation sites is 1. The lowest BCUT2D eigenvalue weighted by atomic mass is 9.96. The molecule has 3 nitrogen and oxygen atoms in total. The second kappa shape index (κ2) is 9.94. The number of fused-ring (bicyclic) bond motifs is 10. The van der Waals surface area contributed by atoms with Gasteiger partial charge in [-0.1, -0.05) is 121 Å². The fourth-order valence-electron chi connectivity index (χ4n) is 6.63. The predicted molar refractivity (Wildman–Crippen MR) is 174 cm³/mol. The largest absolute Gasteiger partial charge is 0.354 e. The van der Waals surface area contributed by atoms with E-state index in [0.29, 0.717) is 10.6 Å². The van der Waals surface area contributed by atoms with Crippen molar-refractivity contribution in [2.45, 2.75) is 6.42 Å². The molecule has 9 rings (SSSR count). The molecule has 0 unspecified atom stereocenters. The van der Waals surface area contributed by atoms with Crippen LogP contribution in [0.5, 0.6) is 0 Å². The van der Waals surface area contributed by atoms with Gasteiger partial charge in [0, 0.05) is 16.7 Å². The number of rotatable bonds is 2. The molecule has 4 heteroatoms. The molecule has 3 aliphatic rings. The average Bonchev–Trinajstić information content (AvgIpc) is 3.67. The second-order valence-corrected chi connectivity index (χ2v) is 11.3. The summed E-state index contributed by atoms with van der Waals surface area (Å²) in [7, 11) is 0. The van der Waals surface area contributed by atoms with Gasteiger partial charge in [-0.15, -0.1) is 0 Å². The molecule has 0 heterocycles. The van der Waals surface area contributed by atoms with E-state index in [1.54, 1.807) is 0 Å². The Morgan fingerprint density at radius 1 is 0.442 bits per heavy atom. The van der Waals surface area contributed by atoms with Gasteiger partial charge in [-0.3, -0.25) is 9.59 Å². The lowest BCUT2D eigenvalue weighted by Gasteiger charge is -2.11. The van der Waals surface area contributed by atoms with Crippen molar-refractivity contribution in [3.8, 4) is 33.4 Å². The van der Waals surface area contributed by atoms with Crippen LogP contribution in [0.15, 0.2) is 127 Å². The molecule has 0 saturated carbocycles. The number of hydrogen-bond acceptors (Lipinski definition) is 3. The van der Waals surface area contributed by atoms with Crippen LogP contribution in [0.1, 0.15) is 43.0 Å². The van der Waals surface area contributed by atoms with Crippen molar-refractivity contribution < 1.29 is 9.59 Å². The van der Waals surface area contributed by atoms with E-state index in [-0.39, 0.29) is 11.6 Å². The smallest absolute Gasteiger partial charge is 0.196 e. The minimum absolute atomic E-state index is 0.0563. The minimum atomic E-state index is 0.0563. The molecule has 0 radical (unpaired) electrons. The highest BCUT2D eigenvalue weighted by atomic mass is 35.5. The molecule has 6 aromatic carbocycles. The number of hydrogen-bond donors (Lipinski definition) is 1. The SMILES string of the molecule is O=C1c2ccccc2-c2ccc3c(c21)Cc1ccccc1-3.O=C1c2ccccc2-c2cccc(Nc3ccccc3Cl)c21. The van der Waals surface area contributed by atoms with Gasteiger partial charge in [0.1, 0.15) is 0 Å². The van der Waals surface area contributed by atoms with Crippen LogP contribution in [0.3, 0.4) is 0 Å². The van der Waals surface area contributed by atoms with Crippen molar-refractivity contribution in [1.82, 2.24) is 0 Å². The number of halogens is 1. The van der Waals surface area contributed by atoms with Crippen LogP contribution in [0.2, 0.25) is 5.02 Å². The molecule has 1 N–H and O–H groups in total. The van der Waals surface area contributed by atoms with Crippen LogP contribution in [-0.4, -0.2) is 11.6 Å². The molecular formula is C39H24ClNO2. The van der Waals surface area contributed by atoms with Gasteiger partial charge in [0.05, 0.1) is 22.0 Å². The Kier molecular flexibility index (Phi) is 5.88. The lowest BCUT2D eigenvalue weighted by Crippen LogP contribution is -2.01. The van der Waals surface area contributed by atoms with Crippen molar-refractivity contribution in [2.75, 3.05) is 5.32 Å². The summed E-state index contributed by atoms with van der Waals surface area (Å²) >= 11 is 6.20. The first-order valence-electron chi connectivity index (χ1n) is 14.3. The normalized spacial score (nSPS) is 12.8. The van der Waals surface area contributed by atoms with Crippen molar-refractivity contribution in [2.24, 2.45) is 0 Å². The number of nitrogens with one attached hydrogen (secondary N) is 1. The fraction of sp³-hybridized carbons (Fsp3) is 0.0256. The van der Waals surface area contributed by atoms with E-state index in [0.717, 1.165) is 56.7 Å². The third-order valence-electron chi connectivity index (χ3n) is 8.57. The molecule has 0 amide bonds. The summed E-state index contributed by atoms with van der Waals surface area (Å²) in [6.45, 7) is 0. The molecule has 6 aromatic rings. The first-order chi connectivity index (χ1) is 21.1. The summed E-state index contributed by atoms with van der Waals surface area (Å²) < 4.78 is 0. The molecule has 0 bridgehead atoms. The zero-order valence-electron chi connectivity index (χ0n) is 23.0. The Balaban J connectivity index is 0.000000129. The Morgan fingerprint density at radius 3 is 1.67 bits per heavy atom. The Bertz CT molecular complexity index is 2140. The molecule has 0 atom stereocenters. The van der Waals surface area contributed by atoms with Crippen molar-refractivity contribution in [3.63, 3.8) is 0 Å². The van der Waals surface area contributed by atoms with Crippen LogP contribution >= 0.6 is 11.6 Å². The van der Waals surface area contributed by atoms with E-state index < -0.39 is 0 Å². The first kappa shape index (κ1) is 25.5. The van der Waals surface area contributed by atoms with Crippen LogP contribution in [-0.2, 0) is 6.42 Å². The molecule has 0 aromatic heterocycles. The van der Waals surface area contributed by atoms with Crippen LogP contribution < -0.4 is 5.32 Å². The van der Waals surface area contributed by atoms with E-state index in [4.69, 9.17) is 11.6 Å². The van der Waals surface area contributed by atoms with Gasteiger partial charge in [-0.2, -0.15) is 0 Å². The topological polar surface area (TPSA) is 46.2 Å². The van der Waals surface area contributed by atoms with Gasteiger partial charge >= 0.3 is 0 Å². The van der Waals surface area contributed by atoms with Crippen LogP contribution in [0.25, 0.3) is 33.4 Å². The van der Waals surface area contributed by atoms with Gasteiger partial charge in [0.25, 0.3) is 0 Å². The third-order valence-corrected chi connectivity index (χ3v) is 8.90. The van der Waals surface area contributed by atoms with Crippen molar-refractivity contribution >= 4 is 34.5 Å². The van der Waals surface area contributed by atoms with E-state index >= 15 is 0 Å². The summed E-state index contributed by atoms with van der Waals surface area (Å²) in [5, 5.41) is 3.91. The van der Waals surface area contributed by atoms with Gasteiger partial charge in [0.2, 0.25) is 0 Å². The van der Waals surface area contributed by atoms with E-state index in [2.05, 4.69) is 41.7 Å². The molecule has 0 aliphatic heterocycles. The maximum absolute atomic E-state index is 12.8. The summed E-state index contributed by atoms with van der Waals surface area (Å²) in [5.41, 5.74) is 14.0. The van der Waals surface area contributed by atoms with E-state index in [1.807, 2.05) is 91.0 Å². The number of carbonyl (C=O) groups is 2. The van der Waals surface area contributed by atoms with E-state index in [1.165, 1.54) is 22.3 Å². The summed E-state index contributed by atoms with van der Waals surface area (Å²) in [6, 6.07) is 41.7. The zero-order valence-corrected chi connectivity index (χ0v) is 23.8. The summed E-state index contributed by atoms with van der Waals surface area (Å²) in [4.78, 5) is 25.5. The van der Waals surface area contributed by atoms with Gasteiger partial charge in [0.15, 0.2) is 11.6 Å². The van der Waals surface area contributed by atoms with Gasteiger partial charge in [-0.05, 0) is 69.1 Å². The predicted octanol–water partition coefficient (Wildman–Crippen LogP) is 9.76. The summed E-state index contributed by atoms with van der Waals surface area (Å²) in [5.74, 6) is 0.242. The molecule has 0 fully saturated rings. The number of benzene rings is 6. The molecule has 0 saturated heterocycles. The number of ketones is 2. The Morgan fingerprint density at radius 2 is 0.953 bits per heavy atom. The second-order valence-electron chi connectivity index (χ2n) is 10.9. The van der Waals surface area contributed by atoms with E-state index in [9.17, 15) is 9.59 Å². The molecular weight excluding hydrogens is 550 g/mol. The average molecular weight is 574 g/mol. The number of anilines is 2. The highest BCUT2D eigenvalue weighted by molar-refractivity contribution is 6.33. The zero-order chi connectivity index (χ0) is 29.1. The Hall–Kier alpha value is -5.25. The molecule has 3 aliphatic carbocycles. The van der Waals surface area contributed by atoms with Gasteiger partial charge in [-0.25, -0.2) is 0 Å². The lowest BCUT2D eigenvalue weighted by molar-refractivity contribution is 0.103. The first-order valence-corrected chi connectivity index (χ1v) is 14.6. The quantitative estimate of drug-likeness (QED) is 0.224. The molecule has 0 spiro atoms. The standard InChI is InChI=1S/C20H12O.C19H12ClNO/c21-20-17-8-4-3-7-14(17)16-10-9-15-13-6-2-1-5-12(13)11-18(15)19(16)20;20-15-9-3-4-10-16(15)21-17-11-5-8-13-12-6-1-2-7-14(12)19(22)18(13)17/h1-10H,11H2;1-11,21H. The molecule has 43 heavy (non-hydrogen) atoms. The molecule has 204 valence electrons. The Labute approximate surface area is 254 Å². The van der Waals surface area contributed by atoms with Crippen molar-refractivity contribution in [1.29, 1.82) is 0 Å². The number of carbonyl (C=O) groups excluding carboxylic acids is 2.